The molecule has 4 heteroatoms. The smallest absolute Gasteiger partial charge is 0.0406 e. The lowest BCUT2D eigenvalue weighted by atomic mass is 10.2. The lowest BCUT2D eigenvalue weighted by Gasteiger charge is -2.08. The van der Waals surface area contributed by atoms with E-state index in [9.17, 15) is 0 Å². The molecule has 0 aromatic heterocycles. The summed E-state index contributed by atoms with van der Waals surface area (Å²) in [6.45, 7) is 0. The third-order valence-electron chi connectivity index (χ3n) is 3.22. The van der Waals surface area contributed by atoms with E-state index in [1.54, 1.807) is 23.5 Å². The lowest BCUT2D eigenvalue weighted by molar-refractivity contribution is 1.47. The molecule has 3 aromatic rings. The molecule has 3 rings (SSSR count). The van der Waals surface area contributed by atoms with E-state index >= 15 is 0 Å². The Morgan fingerprint density at radius 3 is 1.79 bits per heavy atom. The highest BCUT2D eigenvalue weighted by Gasteiger charge is 2.05. The van der Waals surface area contributed by atoms with Crippen LogP contribution in [0.4, 0.5) is 0 Å². The minimum Gasteiger partial charge on any atom is -0.0969 e. The van der Waals surface area contributed by atoms with Crippen LogP contribution in [-0.4, -0.2) is 0 Å². The normalized spacial score (nSPS) is 11.5. The molecular formula is C20H14Cl2S2. The Morgan fingerprint density at radius 2 is 1.21 bits per heavy atom. The van der Waals surface area contributed by atoms with Crippen molar-refractivity contribution in [3.63, 3.8) is 0 Å². The van der Waals surface area contributed by atoms with Gasteiger partial charge in [-0.15, -0.1) is 0 Å². The van der Waals surface area contributed by atoms with E-state index in [1.807, 2.05) is 54.6 Å². The Kier molecular flexibility index (Phi) is 6.33. The standard InChI is InChI=1S/C20H14Cl2S2/c21-16-6-10-18(11-7-16)23-14-20(15-4-2-1-3-5-15)24-19-12-8-17(22)9-13-19/h1-14H/b20-14-. The summed E-state index contributed by atoms with van der Waals surface area (Å²) in [5.41, 5.74) is 1.19. The van der Waals surface area contributed by atoms with E-state index in [-0.39, 0.29) is 0 Å². The van der Waals surface area contributed by atoms with E-state index in [2.05, 4.69) is 29.7 Å². The maximum Gasteiger partial charge on any atom is 0.0406 e. The highest BCUT2D eigenvalue weighted by molar-refractivity contribution is 8.10. The molecule has 0 heterocycles. The summed E-state index contributed by atoms with van der Waals surface area (Å²) in [5, 5.41) is 3.68. The molecule has 0 N–H and O–H groups in total. The van der Waals surface area contributed by atoms with Crippen LogP contribution in [0.1, 0.15) is 5.56 Å². The molecule has 0 aliphatic heterocycles. The van der Waals surface area contributed by atoms with E-state index in [4.69, 9.17) is 23.2 Å². The summed E-state index contributed by atoms with van der Waals surface area (Å²) >= 11 is 15.3. The van der Waals surface area contributed by atoms with Crippen molar-refractivity contribution in [1.29, 1.82) is 0 Å². The molecule has 3 aromatic carbocycles. The minimum absolute atomic E-state index is 0.750. The Hall–Kier alpha value is -1.32. The van der Waals surface area contributed by atoms with Crippen molar-refractivity contribution in [2.24, 2.45) is 0 Å². The third kappa shape index (κ3) is 5.09. The number of rotatable bonds is 5. The van der Waals surface area contributed by atoms with Gasteiger partial charge in [-0.2, -0.15) is 0 Å². The van der Waals surface area contributed by atoms with Crippen LogP contribution in [0.2, 0.25) is 10.0 Å². The highest BCUT2D eigenvalue weighted by Crippen LogP contribution is 2.37. The van der Waals surface area contributed by atoms with Crippen LogP contribution < -0.4 is 0 Å². The summed E-state index contributed by atoms with van der Waals surface area (Å²) in [7, 11) is 0. The topological polar surface area (TPSA) is 0 Å². The second kappa shape index (κ2) is 8.68. The number of benzene rings is 3. The number of halogens is 2. The van der Waals surface area contributed by atoms with Crippen molar-refractivity contribution in [2.45, 2.75) is 9.79 Å². The molecule has 0 unspecified atom stereocenters. The Balaban J connectivity index is 1.85. The van der Waals surface area contributed by atoms with Gasteiger partial charge in [0.15, 0.2) is 0 Å². The molecule has 0 spiro atoms. The summed E-state index contributed by atoms with van der Waals surface area (Å²) < 4.78 is 0. The van der Waals surface area contributed by atoms with Crippen LogP contribution in [0.3, 0.4) is 0 Å². The Morgan fingerprint density at radius 1 is 0.667 bits per heavy atom. The van der Waals surface area contributed by atoms with Crippen molar-refractivity contribution in [3.8, 4) is 0 Å². The fourth-order valence-corrected chi connectivity index (χ4v) is 4.06. The third-order valence-corrected chi connectivity index (χ3v) is 5.85. The van der Waals surface area contributed by atoms with Crippen LogP contribution in [0.25, 0.3) is 4.91 Å². The fourth-order valence-electron chi connectivity index (χ4n) is 2.02. The average Bonchev–Trinajstić information content (AvgIpc) is 2.62. The molecule has 24 heavy (non-hydrogen) atoms. The summed E-state index contributed by atoms with van der Waals surface area (Å²) in [6.07, 6.45) is 0. The van der Waals surface area contributed by atoms with Crippen LogP contribution in [0.15, 0.2) is 94.1 Å². The Bertz CT molecular complexity index is 811. The zero-order valence-electron chi connectivity index (χ0n) is 12.7. The first kappa shape index (κ1) is 17.5. The zero-order valence-corrected chi connectivity index (χ0v) is 15.8. The molecule has 0 fully saturated rings. The number of thioether (sulfide) groups is 2. The van der Waals surface area contributed by atoms with Gasteiger partial charge in [0.2, 0.25) is 0 Å². The van der Waals surface area contributed by atoms with Gasteiger partial charge in [0, 0.05) is 24.7 Å². The first-order chi connectivity index (χ1) is 11.7. The average molecular weight is 389 g/mol. The van der Waals surface area contributed by atoms with Crippen molar-refractivity contribution < 1.29 is 0 Å². The Labute approximate surface area is 160 Å². The highest BCUT2D eigenvalue weighted by atomic mass is 35.5. The van der Waals surface area contributed by atoms with E-state index in [1.165, 1.54) is 10.5 Å². The molecule has 0 bridgehead atoms. The molecule has 0 saturated carbocycles. The fraction of sp³-hybridized carbons (Fsp3) is 0. The van der Waals surface area contributed by atoms with Crippen LogP contribution in [-0.2, 0) is 0 Å². The SMILES string of the molecule is Clc1ccc(S/C=C(\Sc2ccc(Cl)cc2)c2ccccc2)cc1. The monoisotopic (exact) mass is 388 g/mol. The van der Waals surface area contributed by atoms with Gasteiger partial charge in [-0.05, 0) is 59.5 Å². The molecule has 0 amide bonds. The van der Waals surface area contributed by atoms with Gasteiger partial charge >= 0.3 is 0 Å². The van der Waals surface area contributed by atoms with Gasteiger partial charge in [0.05, 0.1) is 0 Å². The van der Waals surface area contributed by atoms with E-state index in [0.29, 0.717) is 0 Å². The second-order valence-electron chi connectivity index (χ2n) is 4.98. The molecule has 0 aliphatic rings. The summed E-state index contributed by atoms with van der Waals surface area (Å²) in [5.74, 6) is 0. The second-order valence-corrected chi connectivity index (χ2v) is 7.91. The molecule has 120 valence electrons. The van der Waals surface area contributed by atoms with E-state index in [0.717, 1.165) is 19.8 Å². The van der Waals surface area contributed by atoms with Crippen LogP contribution in [0, 0.1) is 0 Å². The first-order valence-corrected chi connectivity index (χ1v) is 9.77. The molecule has 0 atom stereocenters. The molecule has 0 saturated heterocycles. The van der Waals surface area contributed by atoms with Gasteiger partial charge in [0.1, 0.15) is 0 Å². The molecule has 0 nitrogen and oxygen atoms in total. The quantitative estimate of drug-likeness (QED) is 0.407. The van der Waals surface area contributed by atoms with Crippen molar-refractivity contribution >= 4 is 51.6 Å². The van der Waals surface area contributed by atoms with Crippen molar-refractivity contribution in [2.75, 3.05) is 0 Å². The maximum atomic E-state index is 5.98. The van der Waals surface area contributed by atoms with Crippen LogP contribution in [0.5, 0.6) is 0 Å². The summed E-state index contributed by atoms with van der Waals surface area (Å²) in [6, 6.07) is 26.2. The maximum absolute atomic E-state index is 5.98. The van der Waals surface area contributed by atoms with Crippen molar-refractivity contribution in [1.82, 2.24) is 0 Å². The molecule has 0 aliphatic carbocycles. The van der Waals surface area contributed by atoms with Gasteiger partial charge in [0.25, 0.3) is 0 Å². The predicted octanol–water partition coefficient (Wildman–Crippen LogP) is 7.88. The first-order valence-electron chi connectivity index (χ1n) is 7.32. The number of hydrogen-bond acceptors (Lipinski definition) is 2. The summed E-state index contributed by atoms with van der Waals surface area (Å²) in [4.78, 5) is 3.51. The van der Waals surface area contributed by atoms with Crippen LogP contribution >= 0.6 is 46.7 Å². The molecule has 0 radical (unpaired) electrons. The van der Waals surface area contributed by atoms with Gasteiger partial charge in [-0.1, -0.05) is 77.1 Å². The lowest BCUT2D eigenvalue weighted by Crippen LogP contribution is -1.80. The van der Waals surface area contributed by atoms with Gasteiger partial charge < -0.3 is 0 Å². The number of hydrogen-bond donors (Lipinski definition) is 0. The minimum atomic E-state index is 0.750. The van der Waals surface area contributed by atoms with Crippen molar-refractivity contribution in [3.05, 3.63) is 99.9 Å². The predicted molar refractivity (Wildman–Crippen MR) is 109 cm³/mol. The molecular weight excluding hydrogens is 375 g/mol. The zero-order chi connectivity index (χ0) is 16.8. The van der Waals surface area contributed by atoms with Gasteiger partial charge in [-0.3, -0.25) is 0 Å². The van der Waals surface area contributed by atoms with E-state index < -0.39 is 0 Å². The largest absolute Gasteiger partial charge is 0.0969 e. The van der Waals surface area contributed by atoms with Gasteiger partial charge in [-0.25, -0.2) is 0 Å².